The Hall–Kier alpha value is -1.64. The maximum Gasteiger partial charge on any atom is 0.302 e. The van der Waals surface area contributed by atoms with Crippen molar-refractivity contribution >= 4 is 19.8 Å². The predicted molar refractivity (Wildman–Crippen MR) is 119 cm³/mol. The molecule has 0 aliphatic heterocycles. The van der Waals surface area contributed by atoms with E-state index < -0.39 is 64.5 Å². The molecule has 0 saturated heterocycles. The lowest BCUT2D eigenvalue weighted by Crippen LogP contribution is -2.58. The van der Waals surface area contributed by atoms with Gasteiger partial charge >= 0.3 is 11.9 Å². The van der Waals surface area contributed by atoms with Crippen LogP contribution in [-0.4, -0.2) is 65.1 Å². The van der Waals surface area contributed by atoms with Crippen molar-refractivity contribution in [1.82, 2.24) is 0 Å². The molecule has 2 radical (unpaired) electrons. The van der Waals surface area contributed by atoms with E-state index in [1.54, 1.807) is 20.8 Å². The van der Waals surface area contributed by atoms with Crippen LogP contribution in [0.2, 0.25) is 5.82 Å². The minimum atomic E-state index is -1.29. The van der Waals surface area contributed by atoms with Crippen molar-refractivity contribution < 1.29 is 34.4 Å². The van der Waals surface area contributed by atoms with Crippen LogP contribution in [0.1, 0.15) is 60.8 Å². The lowest BCUT2D eigenvalue weighted by molar-refractivity contribution is -0.185. The second kappa shape index (κ2) is 7.99. The molecule has 3 rings (SSSR count). The molecule has 3 N–H and O–H groups in total. The Balaban J connectivity index is 2.33. The molecular weight excluding hydrogens is 411 g/mol. The second-order valence-corrected chi connectivity index (χ2v) is 10.6. The van der Waals surface area contributed by atoms with Gasteiger partial charge in [-0.25, -0.2) is 0 Å². The van der Waals surface area contributed by atoms with Gasteiger partial charge in [-0.3, -0.25) is 9.59 Å². The molecule has 0 amide bonds. The molecule has 3 aliphatic rings. The van der Waals surface area contributed by atoms with Gasteiger partial charge in [-0.2, -0.15) is 0 Å². The topological polar surface area (TPSA) is 113 Å². The van der Waals surface area contributed by atoms with Crippen LogP contribution in [-0.2, 0) is 19.1 Å². The summed E-state index contributed by atoms with van der Waals surface area (Å²) in [5, 5.41) is 33.0. The number of fused-ring (bicyclic) bond motifs is 2. The fraction of sp³-hybridized carbons (Fsp3) is 0.750. The maximum absolute atomic E-state index is 12.2. The SMILES string of the molecule is [B][C@@H]1C2=C(C)[C@@H](O)C[C@@]2(C(C)(C)O)CC2C(=C)[C@@H](O)C[C@H](OC(C)=O)[C@@]2(C)[C@H]1OC(C)=O. The molecule has 0 bridgehead atoms. The highest BCUT2D eigenvalue weighted by molar-refractivity contribution is 6.14. The summed E-state index contributed by atoms with van der Waals surface area (Å²) in [6.45, 7) is 13.7. The van der Waals surface area contributed by atoms with E-state index in [0.717, 1.165) is 0 Å². The van der Waals surface area contributed by atoms with Gasteiger partial charge in [0.15, 0.2) is 0 Å². The minimum absolute atomic E-state index is 0.103. The third kappa shape index (κ3) is 3.55. The number of rotatable bonds is 3. The van der Waals surface area contributed by atoms with Gasteiger partial charge in [0.2, 0.25) is 0 Å². The number of ether oxygens (including phenoxy) is 2. The van der Waals surface area contributed by atoms with Gasteiger partial charge < -0.3 is 24.8 Å². The van der Waals surface area contributed by atoms with Crippen molar-refractivity contribution in [3.8, 4) is 0 Å². The molecular formula is C24H35BO7. The zero-order chi connectivity index (χ0) is 24.4. The molecule has 7 nitrogen and oxygen atoms in total. The van der Waals surface area contributed by atoms with Crippen LogP contribution in [0, 0.1) is 16.7 Å². The normalized spacial score (nSPS) is 42.1. The Kier molecular flexibility index (Phi) is 6.24. The van der Waals surface area contributed by atoms with Gasteiger partial charge in [-0.05, 0) is 56.5 Å². The van der Waals surface area contributed by atoms with Gasteiger partial charge in [0.05, 0.1) is 25.7 Å². The summed E-state index contributed by atoms with van der Waals surface area (Å²) >= 11 is 0. The van der Waals surface area contributed by atoms with Crippen molar-refractivity contribution in [2.75, 3.05) is 0 Å². The van der Waals surface area contributed by atoms with Crippen LogP contribution < -0.4 is 0 Å². The minimum Gasteiger partial charge on any atom is -0.462 e. The van der Waals surface area contributed by atoms with E-state index in [9.17, 15) is 24.9 Å². The molecule has 3 aliphatic carbocycles. The average molecular weight is 446 g/mol. The predicted octanol–water partition coefficient (Wildman–Crippen LogP) is 1.99. The van der Waals surface area contributed by atoms with Crippen LogP contribution in [0.25, 0.3) is 0 Å². The van der Waals surface area contributed by atoms with Crippen molar-refractivity contribution in [2.45, 2.75) is 96.6 Å². The highest BCUT2D eigenvalue weighted by Crippen LogP contribution is 2.66. The zero-order valence-electron chi connectivity index (χ0n) is 19.8. The summed E-state index contributed by atoms with van der Waals surface area (Å²) in [5.74, 6) is -2.43. The third-order valence-corrected chi connectivity index (χ3v) is 8.34. The Morgan fingerprint density at radius 3 is 2.19 bits per heavy atom. The van der Waals surface area contributed by atoms with E-state index in [2.05, 4.69) is 6.58 Å². The molecule has 32 heavy (non-hydrogen) atoms. The summed E-state index contributed by atoms with van der Waals surface area (Å²) < 4.78 is 11.5. The van der Waals surface area contributed by atoms with Crippen molar-refractivity contribution in [3.63, 3.8) is 0 Å². The van der Waals surface area contributed by atoms with Crippen LogP contribution in [0.4, 0.5) is 0 Å². The molecule has 2 fully saturated rings. The first-order chi connectivity index (χ1) is 14.6. The molecule has 0 aromatic heterocycles. The zero-order valence-corrected chi connectivity index (χ0v) is 19.8. The van der Waals surface area contributed by atoms with Crippen molar-refractivity contribution in [1.29, 1.82) is 0 Å². The number of aliphatic hydroxyl groups is 3. The average Bonchev–Trinajstić information content (AvgIpc) is 2.86. The lowest BCUT2D eigenvalue weighted by atomic mass is 9.55. The fourth-order valence-corrected chi connectivity index (χ4v) is 6.59. The molecule has 0 aromatic rings. The molecule has 2 saturated carbocycles. The number of carbonyl (C=O) groups is 2. The lowest BCUT2D eigenvalue weighted by Gasteiger charge is -2.53. The van der Waals surface area contributed by atoms with E-state index in [0.29, 0.717) is 23.1 Å². The van der Waals surface area contributed by atoms with E-state index in [1.807, 2.05) is 6.92 Å². The summed E-state index contributed by atoms with van der Waals surface area (Å²) in [6, 6.07) is 0. The van der Waals surface area contributed by atoms with Crippen LogP contribution in [0.3, 0.4) is 0 Å². The van der Waals surface area contributed by atoms with Gasteiger partial charge in [-0.15, -0.1) is 0 Å². The summed E-state index contributed by atoms with van der Waals surface area (Å²) in [5.41, 5.74) is -1.42. The van der Waals surface area contributed by atoms with Gasteiger partial charge in [-0.1, -0.05) is 19.1 Å². The van der Waals surface area contributed by atoms with E-state index in [1.165, 1.54) is 13.8 Å². The summed E-state index contributed by atoms with van der Waals surface area (Å²) in [7, 11) is 6.82. The van der Waals surface area contributed by atoms with Crippen LogP contribution in [0.5, 0.6) is 0 Å². The first-order valence-electron chi connectivity index (χ1n) is 11.2. The van der Waals surface area contributed by atoms with E-state index >= 15 is 0 Å². The molecule has 176 valence electrons. The Morgan fingerprint density at radius 2 is 1.69 bits per heavy atom. The van der Waals surface area contributed by atoms with Gasteiger partial charge in [0.25, 0.3) is 0 Å². The Bertz CT molecular complexity index is 859. The first kappa shape index (κ1) is 25.0. The summed E-state index contributed by atoms with van der Waals surface area (Å²) in [6.07, 6.45) is -2.82. The highest BCUT2D eigenvalue weighted by Gasteiger charge is 2.66. The molecule has 8 atom stereocenters. The van der Waals surface area contributed by atoms with E-state index in [4.69, 9.17) is 17.3 Å². The quantitative estimate of drug-likeness (QED) is 0.345. The van der Waals surface area contributed by atoms with Crippen molar-refractivity contribution in [2.24, 2.45) is 16.7 Å². The molecule has 1 unspecified atom stereocenters. The van der Waals surface area contributed by atoms with E-state index in [-0.39, 0.29) is 12.8 Å². The highest BCUT2D eigenvalue weighted by atomic mass is 16.6. The smallest absolute Gasteiger partial charge is 0.302 e. The number of hydrogen-bond acceptors (Lipinski definition) is 7. The molecule has 8 heteroatoms. The molecule has 0 aromatic carbocycles. The Morgan fingerprint density at radius 1 is 1.12 bits per heavy atom. The molecule has 0 spiro atoms. The van der Waals surface area contributed by atoms with Crippen molar-refractivity contribution in [3.05, 3.63) is 23.3 Å². The van der Waals surface area contributed by atoms with Crippen LogP contribution in [0.15, 0.2) is 23.3 Å². The summed E-state index contributed by atoms with van der Waals surface area (Å²) in [4.78, 5) is 24.2. The molecule has 0 heterocycles. The fourth-order valence-electron chi connectivity index (χ4n) is 6.59. The monoisotopic (exact) mass is 446 g/mol. The first-order valence-corrected chi connectivity index (χ1v) is 11.2. The van der Waals surface area contributed by atoms with Crippen LogP contribution >= 0.6 is 0 Å². The number of carbonyl (C=O) groups excluding carboxylic acids is 2. The third-order valence-electron chi connectivity index (χ3n) is 8.34. The largest absolute Gasteiger partial charge is 0.462 e. The second-order valence-electron chi connectivity index (χ2n) is 10.6. The number of esters is 2. The Labute approximate surface area is 191 Å². The maximum atomic E-state index is 12.2. The van der Waals surface area contributed by atoms with Gasteiger partial charge in [0, 0.05) is 31.1 Å². The van der Waals surface area contributed by atoms with Gasteiger partial charge in [0.1, 0.15) is 12.2 Å². The number of hydrogen-bond donors (Lipinski definition) is 3. The number of aliphatic hydroxyl groups excluding tert-OH is 2. The standard InChI is InChI=1S/C24H35BO7/c1-11-15-9-24(22(5,6)30)10-17(29)12(2)19(24)20(25)21(32-14(4)27)23(15,7)18(8-16(11)28)31-13(3)26/h15-18,20-21,28-30H,1,8-10H2,2-7H3/t15?,16-,17-,18-,20+,21-,23-,24-/m0/s1.